The number of fused-ring (bicyclic) bond motifs is 1. The molecule has 0 bridgehead atoms. The van der Waals surface area contributed by atoms with E-state index in [9.17, 15) is 9.59 Å². The number of benzene rings is 1. The van der Waals surface area contributed by atoms with Crippen LogP contribution in [0.5, 0.6) is 5.75 Å². The lowest BCUT2D eigenvalue weighted by molar-refractivity contribution is -0.138. The summed E-state index contributed by atoms with van der Waals surface area (Å²) in [6, 6.07) is 10.9. The van der Waals surface area contributed by atoms with Crippen LogP contribution in [0.25, 0.3) is 0 Å². The molecule has 3 N–H and O–H groups in total. The molecular formula is C19H22N4O4. The fraction of sp³-hybridized carbons (Fsp3) is 0.316. The van der Waals surface area contributed by atoms with Crippen LogP contribution in [0, 0.1) is 0 Å². The SMILES string of the molecule is CN1CC(CC(=O)O)Oc2ccc(NC(=O)CCNc3ccccn3)cc21. The Balaban J connectivity index is 1.55. The van der Waals surface area contributed by atoms with Crippen LogP contribution in [0.4, 0.5) is 17.2 Å². The van der Waals surface area contributed by atoms with Gasteiger partial charge in [-0.25, -0.2) is 4.98 Å². The number of hydrogen-bond donors (Lipinski definition) is 3. The van der Waals surface area contributed by atoms with Crippen LogP contribution in [-0.2, 0) is 9.59 Å². The summed E-state index contributed by atoms with van der Waals surface area (Å²) in [5, 5.41) is 14.9. The first-order valence-corrected chi connectivity index (χ1v) is 8.69. The molecule has 2 aromatic rings. The van der Waals surface area contributed by atoms with Gasteiger partial charge in [0.05, 0.1) is 18.7 Å². The average molecular weight is 370 g/mol. The van der Waals surface area contributed by atoms with Crippen LogP contribution in [-0.4, -0.2) is 48.2 Å². The van der Waals surface area contributed by atoms with Gasteiger partial charge in [-0.1, -0.05) is 6.07 Å². The minimum absolute atomic E-state index is 0.0501. The quantitative estimate of drug-likeness (QED) is 0.686. The van der Waals surface area contributed by atoms with E-state index in [2.05, 4.69) is 15.6 Å². The fourth-order valence-corrected chi connectivity index (χ4v) is 2.91. The lowest BCUT2D eigenvalue weighted by Gasteiger charge is -2.33. The number of hydrogen-bond acceptors (Lipinski definition) is 6. The average Bonchev–Trinajstić information content (AvgIpc) is 2.62. The molecule has 1 amide bonds. The molecule has 1 aliphatic heterocycles. The van der Waals surface area contributed by atoms with Gasteiger partial charge in [-0.2, -0.15) is 0 Å². The number of nitrogens with zero attached hydrogens (tertiary/aromatic N) is 2. The van der Waals surface area contributed by atoms with E-state index < -0.39 is 12.1 Å². The Morgan fingerprint density at radius 1 is 1.33 bits per heavy atom. The first kappa shape index (κ1) is 18.5. The number of pyridine rings is 1. The smallest absolute Gasteiger partial charge is 0.307 e. The highest BCUT2D eigenvalue weighted by atomic mass is 16.5. The molecule has 142 valence electrons. The molecule has 8 nitrogen and oxygen atoms in total. The van der Waals surface area contributed by atoms with Crippen LogP contribution in [0.2, 0.25) is 0 Å². The number of aliphatic carboxylic acids is 1. The Kier molecular flexibility index (Phi) is 5.75. The number of nitrogens with one attached hydrogen (secondary N) is 2. The molecule has 1 aliphatic rings. The Morgan fingerprint density at radius 3 is 2.93 bits per heavy atom. The second kappa shape index (κ2) is 8.39. The number of carboxylic acids is 1. The number of aromatic nitrogens is 1. The van der Waals surface area contributed by atoms with E-state index >= 15 is 0 Å². The van der Waals surface area contributed by atoms with Gasteiger partial charge in [-0.3, -0.25) is 9.59 Å². The monoisotopic (exact) mass is 370 g/mol. The van der Waals surface area contributed by atoms with Crippen LogP contribution < -0.4 is 20.3 Å². The Bertz CT molecular complexity index is 813. The minimum atomic E-state index is -0.889. The number of likely N-dealkylation sites (N-methyl/N-ethyl adjacent to an activating group) is 1. The summed E-state index contributed by atoms with van der Waals surface area (Å²) in [7, 11) is 1.87. The predicted molar refractivity (Wildman–Crippen MR) is 102 cm³/mol. The molecule has 0 spiro atoms. The summed E-state index contributed by atoms with van der Waals surface area (Å²) >= 11 is 0. The van der Waals surface area contributed by atoms with E-state index in [1.165, 1.54) is 0 Å². The lowest BCUT2D eigenvalue weighted by atomic mass is 10.1. The third-order valence-corrected chi connectivity index (χ3v) is 4.15. The molecule has 27 heavy (non-hydrogen) atoms. The molecule has 0 radical (unpaired) electrons. The van der Waals surface area contributed by atoms with Gasteiger partial charge in [0, 0.05) is 31.9 Å². The molecular weight excluding hydrogens is 348 g/mol. The maximum absolute atomic E-state index is 12.1. The summed E-state index contributed by atoms with van der Waals surface area (Å²) in [5.74, 6) is 0.347. The van der Waals surface area contributed by atoms with Crippen LogP contribution >= 0.6 is 0 Å². The van der Waals surface area contributed by atoms with Gasteiger partial charge >= 0.3 is 5.97 Å². The standard InChI is InChI=1S/C19H22N4O4/c1-23-12-14(11-19(25)26)27-16-6-5-13(10-15(16)23)22-18(24)7-9-21-17-4-2-3-8-20-17/h2-6,8,10,14H,7,9,11-12H2,1H3,(H,20,21)(H,22,24)(H,25,26). The van der Waals surface area contributed by atoms with Crippen molar-refractivity contribution >= 4 is 29.1 Å². The summed E-state index contributed by atoms with van der Waals surface area (Å²) in [4.78, 5) is 29.1. The van der Waals surface area contributed by atoms with Crippen molar-refractivity contribution in [2.75, 3.05) is 35.7 Å². The van der Waals surface area contributed by atoms with Gasteiger partial charge in [-0.05, 0) is 30.3 Å². The van der Waals surface area contributed by atoms with Crippen molar-refractivity contribution in [1.29, 1.82) is 0 Å². The Hall–Kier alpha value is -3.29. The second-order valence-electron chi connectivity index (χ2n) is 6.34. The molecule has 8 heteroatoms. The van der Waals surface area contributed by atoms with Gasteiger partial charge in [-0.15, -0.1) is 0 Å². The van der Waals surface area contributed by atoms with Crippen molar-refractivity contribution < 1.29 is 19.4 Å². The molecule has 0 saturated heterocycles. The van der Waals surface area contributed by atoms with E-state index in [-0.39, 0.29) is 12.3 Å². The third-order valence-electron chi connectivity index (χ3n) is 4.15. The fourth-order valence-electron chi connectivity index (χ4n) is 2.91. The van der Waals surface area contributed by atoms with Gasteiger partial charge in [0.2, 0.25) is 5.91 Å². The molecule has 1 aromatic carbocycles. The van der Waals surface area contributed by atoms with Crippen molar-refractivity contribution in [3.05, 3.63) is 42.6 Å². The first-order chi connectivity index (χ1) is 13.0. The highest BCUT2D eigenvalue weighted by Crippen LogP contribution is 2.35. The summed E-state index contributed by atoms with van der Waals surface area (Å²) in [6.45, 7) is 0.957. The normalized spacial score (nSPS) is 15.4. The maximum atomic E-state index is 12.1. The number of amides is 1. The number of rotatable bonds is 7. The second-order valence-corrected chi connectivity index (χ2v) is 6.34. The topological polar surface area (TPSA) is 104 Å². The van der Waals surface area contributed by atoms with Gasteiger partial charge < -0.3 is 25.4 Å². The number of ether oxygens (including phenoxy) is 1. The minimum Gasteiger partial charge on any atom is -0.486 e. The van der Waals surface area contributed by atoms with Crippen molar-refractivity contribution in [3.8, 4) is 5.75 Å². The molecule has 2 heterocycles. The van der Waals surface area contributed by atoms with E-state index in [1.807, 2.05) is 36.2 Å². The first-order valence-electron chi connectivity index (χ1n) is 8.69. The number of anilines is 3. The molecule has 1 atom stereocenters. The molecule has 1 aromatic heterocycles. The van der Waals surface area contributed by atoms with Gasteiger partial charge in [0.25, 0.3) is 0 Å². The van der Waals surface area contributed by atoms with Crippen LogP contribution in [0.1, 0.15) is 12.8 Å². The van der Waals surface area contributed by atoms with Crippen molar-refractivity contribution in [2.45, 2.75) is 18.9 Å². The molecule has 0 aliphatic carbocycles. The Morgan fingerprint density at radius 2 is 2.19 bits per heavy atom. The van der Waals surface area contributed by atoms with Crippen LogP contribution in [0.15, 0.2) is 42.6 Å². The zero-order chi connectivity index (χ0) is 19.2. The number of carboxylic acid groups (broad SMARTS) is 1. The number of carbonyl (C=O) groups is 2. The van der Waals surface area contributed by atoms with E-state index in [1.54, 1.807) is 18.3 Å². The lowest BCUT2D eigenvalue weighted by Crippen LogP contribution is -2.39. The molecule has 3 rings (SSSR count). The van der Waals surface area contributed by atoms with E-state index in [0.717, 1.165) is 11.5 Å². The van der Waals surface area contributed by atoms with Gasteiger partial charge in [0.1, 0.15) is 17.7 Å². The summed E-state index contributed by atoms with van der Waals surface area (Å²) in [6.07, 6.45) is 1.56. The van der Waals surface area contributed by atoms with Crippen molar-refractivity contribution in [3.63, 3.8) is 0 Å². The summed E-state index contributed by atoms with van der Waals surface area (Å²) < 4.78 is 5.73. The predicted octanol–water partition coefficient (Wildman–Crippen LogP) is 2.19. The summed E-state index contributed by atoms with van der Waals surface area (Å²) in [5.41, 5.74) is 1.49. The number of carbonyl (C=O) groups excluding carboxylic acids is 1. The largest absolute Gasteiger partial charge is 0.486 e. The van der Waals surface area contributed by atoms with E-state index in [4.69, 9.17) is 9.84 Å². The molecule has 0 fully saturated rings. The molecule has 0 saturated carbocycles. The van der Waals surface area contributed by atoms with E-state index in [0.29, 0.717) is 30.9 Å². The molecule has 1 unspecified atom stereocenters. The highest BCUT2D eigenvalue weighted by Gasteiger charge is 2.25. The van der Waals surface area contributed by atoms with Gasteiger partial charge in [0.15, 0.2) is 0 Å². The maximum Gasteiger partial charge on any atom is 0.307 e. The zero-order valence-electron chi connectivity index (χ0n) is 15.0. The third kappa shape index (κ3) is 5.10. The van der Waals surface area contributed by atoms with Crippen LogP contribution in [0.3, 0.4) is 0 Å². The van der Waals surface area contributed by atoms with Crippen molar-refractivity contribution in [2.24, 2.45) is 0 Å². The van der Waals surface area contributed by atoms with Crippen molar-refractivity contribution in [1.82, 2.24) is 4.98 Å². The Labute approximate surface area is 157 Å². The highest BCUT2D eigenvalue weighted by molar-refractivity contribution is 5.92. The zero-order valence-corrected chi connectivity index (χ0v) is 15.0.